The lowest BCUT2D eigenvalue weighted by Gasteiger charge is -2.26. The Morgan fingerprint density at radius 2 is 1.51 bits per heavy atom. The fraction of sp³-hybridized carbons (Fsp3) is 0.222. The second-order valence-corrected chi connectivity index (χ2v) is 9.37. The Morgan fingerprint density at radius 1 is 0.914 bits per heavy atom. The molecule has 4 rings (SSSR count). The lowest BCUT2D eigenvalue weighted by atomic mass is 9.87. The largest absolute Gasteiger partial charge is 0.307 e. The highest BCUT2D eigenvalue weighted by atomic mass is 16.6. The van der Waals surface area contributed by atoms with E-state index in [1.807, 2.05) is 12.1 Å². The van der Waals surface area contributed by atoms with E-state index in [1.54, 1.807) is 36.4 Å². The smallest absolute Gasteiger partial charge is 0.270 e. The molecule has 0 aromatic heterocycles. The predicted octanol–water partition coefficient (Wildman–Crippen LogP) is 4.84. The molecule has 3 aromatic rings. The molecule has 1 aliphatic heterocycles. The minimum Gasteiger partial charge on any atom is -0.307 e. The summed E-state index contributed by atoms with van der Waals surface area (Å²) in [5.41, 5.74) is 2.16. The van der Waals surface area contributed by atoms with Crippen LogP contribution in [0.2, 0.25) is 0 Å². The third-order valence-corrected chi connectivity index (χ3v) is 6.02. The fourth-order valence-corrected chi connectivity index (χ4v) is 4.04. The molecule has 1 aliphatic rings. The van der Waals surface area contributed by atoms with Crippen LogP contribution in [0.3, 0.4) is 0 Å². The second kappa shape index (κ2) is 9.13. The van der Waals surface area contributed by atoms with E-state index in [4.69, 9.17) is 0 Å². The summed E-state index contributed by atoms with van der Waals surface area (Å²) in [5.74, 6) is -1.28. The average molecular weight is 472 g/mol. The van der Waals surface area contributed by atoms with Crippen LogP contribution in [0.15, 0.2) is 72.8 Å². The zero-order valence-corrected chi connectivity index (χ0v) is 19.7. The molecular weight excluding hydrogens is 446 g/mol. The number of nitro benzene ring substituents is 1. The summed E-state index contributed by atoms with van der Waals surface area (Å²) in [6, 6.07) is 19.6. The molecule has 0 atom stereocenters. The van der Waals surface area contributed by atoms with Crippen molar-refractivity contribution in [2.45, 2.75) is 26.2 Å². The summed E-state index contributed by atoms with van der Waals surface area (Å²) in [6.07, 6.45) is 0. The van der Waals surface area contributed by atoms with Crippen LogP contribution in [0.4, 0.5) is 11.4 Å². The van der Waals surface area contributed by atoms with Gasteiger partial charge in [0, 0.05) is 36.5 Å². The highest BCUT2D eigenvalue weighted by Crippen LogP contribution is 2.27. The number of hydrogen-bond donors (Lipinski definition) is 0. The van der Waals surface area contributed by atoms with Gasteiger partial charge in [-0.1, -0.05) is 51.1 Å². The van der Waals surface area contributed by atoms with E-state index in [0.717, 1.165) is 10.5 Å². The van der Waals surface area contributed by atoms with Gasteiger partial charge in [0.25, 0.3) is 23.4 Å². The monoisotopic (exact) mass is 471 g/mol. The highest BCUT2D eigenvalue weighted by molar-refractivity contribution is 6.21. The average Bonchev–Trinajstić information content (AvgIpc) is 3.08. The van der Waals surface area contributed by atoms with E-state index in [9.17, 15) is 24.5 Å². The van der Waals surface area contributed by atoms with Crippen LogP contribution >= 0.6 is 0 Å². The molecule has 0 bridgehead atoms. The number of hydrogen-bond acceptors (Lipinski definition) is 5. The van der Waals surface area contributed by atoms with Crippen molar-refractivity contribution in [2.75, 3.05) is 18.0 Å². The van der Waals surface area contributed by atoms with Gasteiger partial charge >= 0.3 is 0 Å². The maximum absolute atomic E-state index is 13.5. The number of benzene rings is 3. The molecule has 3 amide bonds. The molecule has 0 fully saturated rings. The van der Waals surface area contributed by atoms with Crippen molar-refractivity contribution in [3.05, 3.63) is 105 Å². The van der Waals surface area contributed by atoms with Gasteiger partial charge in [0.05, 0.1) is 16.1 Å². The third kappa shape index (κ3) is 4.68. The number of carbonyl (C=O) groups excluding carboxylic acids is 3. The Balaban J connectivity index is 1.65. The molecule has 35 heavy (non-hydrogen) atoms. The number of fused-ring (bicyclic) bond motifs is 1. The fourth-order valence-electron chi connectivity index (χ4n) is 4.04. The van der Waals surface area contributed by atoms with Gasteiger partial charge in [0.2, 0.25) is 0 Å². The van der Waals surface area contributed by atoms with Gasteiger partial charge in [-0.05, 0) is 41.3 Å². The Bertz CT molecular complexity index is 1290. The van der Waals surface area contributed by atoms with Crippen LogP contribution in [0, 0.1) is 10.1 Å². The molecule has 8 heteroatoms. The first kappa shape index (κ1) is 23.8. The molecule has 0 saturated carbocycles. The van der Waals surface area contributed by atoms with Crippen molar-refractivity contribution >= 4 is 29.1 Å². The Hall–Kier alpha value is -4.33. The minimum atomic E-state index is -0.558. The standard InChI is InChI=1S/C27H25N3O5/c1-27(2,3)19-11-13-20(14-12-19)28(24(31)18-7-6-8-21(17-18)30(34)35)15-16-29-25(32)22-9-4-5-10-23(22)26(29)33/h4-14,17H,15-16H2,1-3H3. The normalized spacial score (nSPS) is 13.1. The lowest BCUT2D eigenvalue weighted by molar-refractivity contribution is -0.384. The molecule has 0 unspecified atom stereocenters. The summed E-state index contributed by atoms with van der Waals surface area (Å²) in [6.45, 7) is 6.25. The minimum absolute atomic E-state index is 0.0198. The number of non-ortho nitro benzene ring substituents is 1. The first-order valence-electron chi connectivity index (χ1n) is 11.2. The van der Waals surface area contributed by atoms with Gasteiger partial charge < -0.3 is 4.90 Å². The Kier molecular flexibility index (Phi) is 6.22. The number of amides is 3. The molecule has 8 nitrogen and oxygen atoms in total. The van der Waals surface area contributed by atoms with Crippen molar-refractivity contribution in [1.29, 1.82) is 0 Å². The van der Waals surface area contributed by atoms with Gasteiger partial charge in [-0.15, -0.1) is 0 Å². The molecule has 0 spiro atoms. The van der Waals surface area contributed by atoms with E-state index in [-0.39, 0.29) is 29.8 Å². The van der Waals surface area contributed by atoms with E-state index >= 15 is 0 Å². The van der Waals surface area contributed by atoms with Crippen LogP contribution in [0.5, 0.6) is 0 Å². The van der Waals surface area contributed by atoms with Crippen molar-refractivity contribution < 1.29 is 19.3 Å². The van der Waals surface area contributed by atoms with Gasteiger partial charge in [-0.3, -0.25) is 29.4 Å². The van der Waals surface area contributed by atoms with Gasteiger partial charge in [-0.2, -0.15) is 0 Å². The van der Waals surface area contributed by atoms with Crippen molar-refractivity contribution in [3.63, 3.8) is 0 Å². The molecule has 3 aromatic carbocycles. The zero-order chi connectivity index (χ0) is 25.3. The molecule has 0 N–H and O–H groups in total. The van der Waals surface area contributed by atoms with Crippen LogP contribution < -0.4 is 4.90 Å². The summed E-state index contributed by atoms with van der Waals surface area (Å²) in [4.78, 5) is 52.3. The van der Waals surface area contributed by atoms with Crippen molar-refractivity contribution in [2.24, 2.45) is 0 Å². The number of carbonyl (C=O) groups is 3. The number of rotatable bonds is 6. The van der Waals surface area contributed by atoms with Crippen molar-refractivity contribution in [3.8, 4) is 0 Å². The number of nitro groups is 1. The Labute approximate surface area is 202 Å². The number of imide groups is 1. The summed E-state index contributed by atoms with van der Waals surface area (Å²) in [7, 11) is 0. The highest BCUT2D eigenvalue weighted by Gasteiger charge is 2.35. The van der Waals surface area contributed by atoms with Crippen LogP contribution in [-0.2, 0) is 5.41 Å². The lowest BCUT2D eigenvalue weighted by Crippen LogP contribution is -2.41. The van der Waals surface area contributed by atoms with E-state index < -0.39 is 22.6 Å². The van der Waals surface area contributed by atoms with Gasteiger partial charge in [-0.25, -0.2) is 0 Å². The number of anilines is 1. The predicted molar refractivity (Wildman–Crippen MR) is 132 cm³/mol. The van der Waals surface area contributed by atoms with Gasteiger partial charge in [0.15, 0.2) is 0 Å². The van der Waals surface area contributed by atoms with Crippen molar-refractivity contribution in [1.82, 2.24) is 4.90 Å². The molecule has 178 valence electrons. The summed E-state index contributed by atoms with van der Waals surface area (Å²) < 4.78 is 0. The molecule has 0 radical (unpaired) electrons. The van der Waals surface area contributed by atoms with E-state index in [2.05, 4.69) is 20.8 Å². The quantitative estimate of drug-likeness (QED) is 0.291. The summed E-state index contributed by atoms with van der Waals surface area (Å²) in [5, 5.41) is 11.2. The molecular formula is C27H25N3O5. The zero-order valence-electron chi connectivity index (χ0n) is 19.7. The first-order chi connectivity index (χ1) is 16.6. The second-order valence-electron chi connectivity index (χ2n) is 9.37. The summed E-state index contributed by atoms with van der Waals surface area (Å²) >= 11 is 0. The molecule has 1 heterocycles. The maximum atomic E-state index is 13.5. The maximum Gasteiger partial charge on any atom is 0.270 e. The Morgan fingerprint density at radius 3 is 2.06 bits per heavy atom. The van der Waals surface area contributed by atoms with E-state index in [1.165, 1.54) is 29.2 Å². The first-order valence-corrected chi connectivity index (χ1v) is 11.2. The third-order valence-electron chi connectivity index (χ3n) is 6.02. The van der Waals surface area contributed by atoms with Crippen LogP contribution in [0.1, 0.15) is 57.4 Å². The molecule has 0 aliphatic carbocycles. The van der Waals surface area contributed by atoms with Crippen LogP contribution in [0.25, 0.3) is 0 Å². The van der Waals surface area contributed by atoms with Crippen LogP contribution in [-0.4, -0.2) is 40.6 Å². The van der Waals surface area contributed by atoms with Gasteiger partial charge in [0.1, 0.15) is 0 Å². The van der Waals surface area contributed by atoms with E-state index in [0.29, 0.717) is 16.8 Å². The number of nitrogens with zero attached hydrogens (tertiary/aromatic N) is 3. The molecule has 0 saturated heterocycles. The topological polar surface area (TPSA) is 101 Å². The SMILES string of the molecule is CC(C)(C)c1ccc(N(CCN2C(=O)c3ccccc3C2=O)C(=O)c2cccc([N+](=O)[O-])c2)cc1.